The van der Waals surface area contributed by atoms with Gasteiger partial charge in [-0.2, -0.15) is 0 Å². The fourth-order valence-corrected chi connectivity index (χ4v) is 3.51. The highest BCUT2D eigenvalue weighted by Gasteiger charge is 2.20. The third-order valence-corrected chi connectivity index (χ3v) is 5.20. The lowest BCUT2D eigenvalue weighted by Gasteiger charge is -2.17. The van der Waals surface area contributed by atoms with E-state index in [1.54, 1.807) is 25.6 Å². The number of rotatable bonds is 9. The number of aliphatic hydroxyl groups is 1. The minimum atomic E-state index is -0.591. The van der Waals surface area contributed by atoms with Crippen LogP contribution in [0.15, 0.2) is 42.9 Å². The summed E-state index contributed by atoms with van der Waals surface area (Å²) < 4.78 is 11.3. The molecule has 0 radical (unpaired) electrons. The highest BCUT2D eigenvalue weighted by atomic mass is 16.5. The number of hydrogen-bond acceptors (Lipinski definition) is 9. The van der Waals surface area contributed by atoms with Gasteiger partial charge in [-0.25, -0.2) is 9.97 Å². The molecule has 9 heteroatoms. The van der Waals surface area contributed by atoms with E-state index in [1.165, 1.54) is 0 Å². The van der Waals surface area contributed by atoms with Gasteiger partial charge in [0.2, 0.25) is 0 Å². The Balaban J connectivity index is 1.67. The SMILES string of the molecule is CNCC(O)COc1cccc(-c2nc(NC3CCOC3)c(C)c(-c3cnccn3)n2)c1. The van der Waals surface area contributed by atoms with E-state index in [1.807, 2.05) is 31.2 Å². The van der Waals surface area contributed by atoms with Crippen LogP contribution in [0.1, 0.15) is 12.0 Å². The standard InChI is InChI=1S/C23H28N6O3/c1-15-21(20-12-25-7-8-26-20)28-23(29-22(15)27-17-6-9-31-13-17)16-4-3-5-19(10-16)32-14-18(30)11-24-2/h3-5,7-8,10,12,17-18,24,30H,6,9,11,13-14H2,1-2H3,(H,27,28,29). The van der Waals surface area contributed by atoms with Gasteiger partial charge in [0, 0.05) is 36.7 Å². The van der Waals surface area contributed by atoms with E-state index in [2.05, 4.69) is 20.6 Å². The first-order valence-corrected chi connectivity index (χ1v) is 10.7. The summed E-state index contributed by atoms with van der Waals surface area (Å²) in [6, 6.07) is 7.75. The molecule has 168 valence electrons. The lowest BCUT2D eigenvalue weighted by atomic mass is 10.1. The van der Waals surface area contributed by atoms with Gasteiger partial charge in [-0.05, 0) is 32.5 Å². The summed E-state index contributed by atoms with van der Waals surface area (Å²) >= 11 is 0. The molecule has 0 saturated carbocycles. The second kappa shape index (κ2) is 10.4. The van der Waals surface area contributed by atoms with Crippen molar-refractivity contribution in [3.8, 4) is 28.5 Å². The van der Waals surface area contributed by atoms with Crippen LogP contribution in [-0.2, 0) is 4.74 Å². The number of aromatic nitrogens is 4. The summed E-state index contributed by atoms with van der Waals surface area (Å²) in [5.74, 6) is 1.95. The molecule has 0 aliphatic carbocycles. The van der Waals surface area contributed by atoms with E-state index >= 15 is 0 Å². The van der Waals surface area contributed by atoms with Gasteiger partial charge in [0.1, 0.15) is 30.0 Å². The predicted molar refractivity (Wildman–Crippen MR) is 122 cm³/mol. The molecule has 9 nitrogen and oxygen atoms in total. The lowest BCUT2D eigenvalue weighted by Crippen LogP contribution is -2.29. The van der Waals surface area contributed by atoms with Gasteiger partial charge in [-0.1, -0.05) is 12.1 Å². The zero-order valence-corrected chi connectivity index (χ0v) is 18.3. The summed E-state index contributed by atoms with van der Waals surface area (Å²) in [4.78, 5) is 18.3. The Morgan fingerprint density at radius 1 is 1.28 bits per heavy atom. The number of likely N-dealkylation sites (N-methyl/N-ethyl adjacent to an activating group) is 1. The molecule has 2 unspecified atom stereocenters. The van der Waals surface area contributed by atoms with Crippen LogP contribution in [0.3, 0.4) is 0 Å². The zero-order chi connectivity index (χ0) is 22.3. The van der Waals surface area contributed by atoms with Crippen LogP contribution < -0.4 is 15.4 Å². The van der Waals surface area contributed by atoms with Crippen molar-refractivity contribution in [1.82, 2.24) is 25.3 Å². The van der Waals surface area contributed by atoms with E-state index in [0.717, 1.165) is 35.7 Å². The molecule has 4 rings (SSSR count). The van der Waals surface area contributed by atoms with E-state index < -0.39 is 6.10 Å². The van der Waals surface area contributed by atoms with Gasteiger partial charge >= 0.3 is 0 Å². The Morgan fingerprint density at radius 2 is 2.19 bits per heavy atom. The van der Waals surface area contributed by atoms with Gasteiger partial charge in [0.25, 0.3) is 0 Å². The van der Waals surface area contributed by atoms with Gasteiger partial charge < -0.3 is 25.2 Å². The average molecular weight is 437 g/mol. The first-order valence-electron chi connectivity index (χ1n) is 10.7. The Kier molecular flexibility index (Phi) is 7.21. The van der Waals surface area contributed by atoms with Crippen LogP contribution >= 0.6 is 0 Å². The van der Waals surface area contributed by atoms with E-state index in [-0.39, 0.29) is 12.6 Å². The number of nitrogens with zero attached hydrogens (tertiary/aromatic N) is 4. The highest BCUT2D eigenvalue weighted by Crippen LogP contribution is 2.30. The Morgan fingerprint density at radius 3 is 2.94 bits per heavy atom. The van der Waals surface area contributed by atoms with Crippen molar-refractivity contribution < 1.29 is 14.6 Å². The zero-order valence-electron chi connectivity index (χ0n) is 18.3. The van der Waals surface area contributed by atoms with Crippen LogP contribution in [0.5, 0.6) is 5.75 Å². The number of benzene rings is 1. The number of hydrogen-bond donors (Lipinski definition) is 3. The molecule has 2 atom stereocenters. The summed E-state index contributed by atoms with van der Waals surface area (Å²) in [5, 5.41) is 16.3. The van der Waals surface area contributed by atoms with Crippen LogP contribution in [-0.4, -0.2) is 70.6 Å². The molecule has 1 aromatic carbocycles. The highest BCUT2D eigenvalue weighted by molar-refractivity contribution is 5.70. The Hall–Kier alpha value is -3.14. The number of aliphatic hydroxyl groups excluding tert-OH is 1. The summed E-state index contributed by atoms with van der Waals surface area (Å²) in [5.41, 5.74) is 3.12. The Bertz CT molecular complexity index is 1030. The van der Waals surface area contributed by atoms with E-state index in [9.17, 15) is 5.11 Å². The molecule has 0 bridgehead atoms. The van der Waals surface area contributed by atoms with Gasteiger partial charge in [-0.15, -0.1) is 0 Å². The van der Waals surface area contributed by atoms with Crippen molar-refractivity contribution in [2.75, 3.05) is 38.7 Å². The van der Waals surface area contributed by atoms with E-state index in [4.69, 9.17) is 19.4 Å². The van der Waals surface area contributed by atoms with Gasteiger partial charge in [-0.3, -0.25) is 9.97 Å². The molecular weight excluding hydrogens is 408 g/mol. The third-order valence-electron chi connectivity index (χ3n) is 5.20. The maximum absolute atomic E-state index is 9.92. The molecule has 32 heavy (non-hydrogen) atoms. The molecule has 3 aromatic rings. The fraction of sp³-hybridized carbons (Fsp3) is 0.391. The molecule has 0 amide bonds. The van der Waals surface area contributed by atoms with Crippen molar-refractivity contribution in [3.63, 3.8) is 0 Å². The Labute approximate surface area is 187 Å². The smallest absolute Gasteiger partial charge is 0.162 e. The topological polar surface area (TPSA) is 114 Å². The first kappa shape index (κ1) is 22.1. The van der Waals surface area contributed by atoms with Crippen LogP contribution in [0, 0.1) is 6.92 Å². The number of ether oxygens (including phenoxy) is 2. The van der Waals surface area contributed by atoms with Crippen LogP contribution in [0.2, 0.25) is 0 Å². The van der Waals surface area contributed by atoms with Crippen molar-refractivity contribution in [1.29, 1.82) is 0 Å². The molecule has 1 saturated heterocycles. The third kappa shape index (κ3) is 5.37. The van der Waals surface area contributed by atoms with Crippen molar-refractivity contribution in [2.45, 2.75) is 25.5 Å². The quantitative estimate of drug-likeness (QED) is 0.464. The maximum Gasteiger partial charge on any atom is 0.162 e. The minimum Gasteiger partial charge on any atom is -0.491 e. The van der Waals surface area contributed by atoms with Crippen molar-refractivity contribution in [2.24, 2.45) is 0 Å². The van der Waals surface area contributed by atoms with Gasteiger partial charge in [0.05, 0.1) is 24.5 Å². The predicted octanol–water partition coefficient (Wildman–Crippen LogP) is 2.07. The number of anilines is 1. The minimum absolute atomic E-state index is 0.193. The summed E-state index contributed by atoms with van der Waals surface area (Å²) in [6.07, 6.45) is 5.33. The molecule has 2 aromatic heterocycles. The largest absolute Gasteiger partial charge is 0.491 e. The molecule has 1 aliphatic heterocycles. The summed E-state index contributed by atoms with van der Waals surface area (Å²) in [7, 11) is 1.79. The normalized spacial score (nSPS) is 16.7. The first-order chi connectivity index (χ1) is 15.6. The number of nitrogens with one attached hydrogen (secondary N) is 2. The molecule has 1 fully saturated rings. The second-order valence-corrected chi connectivity index (χ2v) is 7.72. The van der Waals surface area contributed by atoms with Crippen LogP contribution in [0.25, 0.3) is 22.8 Å². The van der Waals surface area contributed by atoms with Crippen molar-refractivity contribution in [3.05, 3.63) is 48.4 Å². The lowest BCUT2D eigenvalue weighted by molar-refractivity contribution is 0.108. The summed E-state index contributed by atoms with van der Waals surface area (Å²) in [6.45, 7) is 4.02. The van der Waals surface area contributed by atoms with Gasteiger partial charge in [0.15, 0.2) is 5.82 Å². The fourth-order valence-electron chi connectivity index (χ4n) is 3.51. The monoisotopic (exact) mass is 436 g/mol. The van der Waals surface area contributed by atoms with Crippen molar-refractivity contribution >= 4 is 5.82 Å². The van der Waals surface area contributed by atoms with E-state index in [0.29, 0.717) is 30.4 Å². The van der Waals surface area contributed by atoms with Crippen LogP contribution in [0.4, 0.5) is 5.82 Å². The molecular formula is C23H28N6O3. The second-order valence-electron chi connectivity index (χ2n) is 7.72. The molecule has 3 N–H and O–H groups in total. The average Bonchev–Trinajstić information content (AvgIpc) is 3.33. The molecule has 3 heterocycles. The molecule has 0 spiro atoms. The molecule has 1 aliphatic rings. The maximum atomic E-state index is 9.92.